The Bertz CT molecular complexity index is 858. The molecule has 0 N–H and O–H groups in total. The summed E-state index contributed by atoms with van der Waals surface area (Å²) in [6, 6.07) is 4.65. The number of hydrogen-bond acceptors (Lipinski definition) is 5. The maximum atomic E-state index is 14.0. The van der Waals surface area contributed by atoms with Gasteiger partial charge in [-0.2, -0.15) is 5.10 Å². The van der Waals surface area contributed by atoms with Gasteiger partial charge >= 0.3 is 0 Å². The summed E-state index contributed by atoms with van der Waals surface area (Å²) < 4.78 is 21.0. The Balaban J connectivity index is 1.71. The number of anilines is 1. The van der Waals surface area contributed by atoms with Crippen molar-refractivity contribution in [2.45, 2.75) is 6.54 Å². The summed E-state index contributed by atoms with van der Waals surface area (Å²) in [5, 5.41) is 5.65. The normalized spacial score (nSPS) is 15.2. The van der Waals surface area contributed by atoms with E-state index in [0.717, 1.165) is 24.3 Å². The molecule has 124 valence electrons. The number of benzene rings is 1. The van der Waals surface area contributed by atoms with Crippen LogP contribution in [0.2, 0.25) is 5.02 Å². The first-order valence-corrected chi connectivity index (χ1v) is 8.04. The number of rotatable bonds is 3. The third-order valence-corrected chi connectivity index (χ3v) is 4.39. The summed E-state index contributed by atoms with van der Waals surface area (Å²) in [5.74, 6) is 0.482. The molecule has 3 aromatic rings. The van der Waals surface area contributed by atoms with E-state index in [1.54, 1.807) is 16.8 Å². The first-order chi connectivity index (χ1) is 11.7. The van der Waals surface area contributed by atoms with E-state index in [4.69, 9.17) is 16.3 Å². The molecule has 24 heavy (non-hydrogen) atoms. The number of fused-ring (bicyclic) bond motifs is 1. The van der Waals surface area contributed by atoms with E-state index in [2.05, 4.69) is 20.0 Å². The quantitative estimate of drug-likeness (QED) is 0.728. The fraction of sp³-hybridized carbons (Fsp3) is 0.312. The maximum Gasteiger partial charge on any atom is 0.186 e. The van der Waals surface area contributed by atoms with E-state index in [1.165, 1.54) is 12.4 Å². The van der Waals surface area contributed by atoms with Crippen molar-refractivity contribution in [2.75, 3.05) is 31.2 Å². The smallest absolute Gasteiger partial charge is 0.186 e. The summed E-state index contributed by atoms with van der Waals surface area (Å²) in [5.41, 5.74) is 0.992. The highest BCUT2D eigenvalue weighted by molar-refractivity contribution is 6.31. The van der Waals surface area contributed by atoms with Gasteiger partial charge < -0.3 is 9.64 Å². The number of nitrogens with zero attached hydrogens (tertiary/aromatic N) is 5. The second-order valence-corrected chi connectivity index (χ2v) is 5.97. The third-order valence-electron chi connectivity index (χ3n) is 4.04. The minimum absolute atomic E-state index is 0.240. The second-order valence-electron chi connectivity index (χ2n) is 5.56. The molecule has 0 radical (unpaired) electrons. The third kappa shape index (κ3) is 2.81. The van der Waals surface area contributed by atoms with Crippen LogP contribution in [0.15, 0.2) is 30.7 Å². The van der Waals surface area contributed by atoms with Crippen LogP contribution in [-0.2, 0) is 11.3 Å². The average molecular weight is 348 g/mol. The van der Waals surface area contributed by atoms with Gasteiger partial charge in [0.1, 0.15) is 18.0 Å². The largest absolute Gasteiger partial charge is 0.378 e. The molecule has 0 atom stereocenters. The summed E-state index contributed by atoms with van der Waals surface area (Å²) >= 11 is 6.10. The molecule has 1 aliphatic heterocycles. The Hall–Kier alpha value is -2.25. The van der Waals surface area contributed by atoms with E-state index in [-0.39, 0.29) is 12.4 Å². The van der Waals surface area contributed by atoms with Crippen LogP contribution in [0.3, 0.4) is 0 Å². The van der Waals surface area contributed by atoms with Crippen molar-refractivity contribution in [3.05, 3.63) is 47.1 Å². The van der Waals surface area contributed by atoms with Gasteiger partial charge in [0, 0.05) is 29.9 Å². The summed E-state index contributed by atoms with van der Waals surface area (Å²) in [4.78, 5) is 10.8. The van der Waals surface area contributed by atoms with Gasteiger partial charge in [-0.15, -0.1) is 0 Å². The molecular formula is C16H15ClFN5O. The molecule has 1 fully saturated rings. The monoisotopic (exact) mass is 347 g/mol. The van der Waals surface area contributed by atoms with E-state index >= 15 is 0 Å². The van der Waals surface area contributed by atoms with Crippen molar-refractivity contribution >= 4 is 28.5 Å². The highest BCUT2D eigenvalue weighted by Gasteiger charge is 2.18. The van der Waals surface area contributed by atoms with Crippen molar-refractivity contribution in [1.82, 2.24) is 19.7 Å². The van der Waals surface area contributed by atoms with Gasteiger partial charge in [-0.25, -0.2) is 14.4 Å². The zero-order chi connectivity index (χ0) is 16.5. The molecule has 1 saturated heterocycles. The molecule has 0 saturated carbocycles. The van der Waals surface area contributed by atoms with Crippen molar-refractivity contribution < 1.29 is 9.13 Å². The minimum Gasteiger partial charge on any atom is -0.378 e. The maximum absolute atomic E-state index is 14.0. The molecule has 8 heteroatoms. The summed E-state index contributed by atoms with van der Waals surface area (Å²) in [7, 11) is 0. The average Bonchev–Trinajstić information content (AvgIpc) is 3.02. The van der Waals surface area contributed by atoms with Crippen molar-refractivity contribution in [3.8, 4) is 0 Å². The lowest BCUT2D eigenvalue weighted by molar-refractivity contribution is 0.122. The lowest BCUT2D eigenvalue weighted by atomic mass is 10.2. The lowest BCUT2D eigenvalue weighted by Gasteiger charge is -2.27. The van der Waals surface area contributed by atoms with E-state index in [1.807, 2.05) is 6.20 Å². The molecule has 0 amide bonds. The Labute approximate surface area is 142 Å². The molecule has 0 unspecified atom stereocenters. The van der Waals surface area contributed by atoms with Crippen molar-refractivity contribution in [2.24, 2.45) is 0 Å². The predicted molar refractivity (Wildman–Crippen MR) is 88.9 cm³/mol. The van der Waals surface area contributed by atoms with Gasteiger partial charge in [0.25, 0.3) is 0 Å². The fourth-order valence-corrected chi connectivity index (χ4v) is 3.05. The van der Waals surface area contributed by atoms with Crippen LogP contribution in [-0.4, -0.2) is 46.1 Å². The molecule has 0 bridgehead atoms. The topological polar surface area (TPSA) is 56.1 Å². The number of halogens is 2. The van der Waals surface area contributed by atoms with Crippen LogP contribution in [0.1, 0.15) is 5.56 Å². The van der Waals surface area contributed by atoms with Crippen LogP contribution in [0.4, 0.5) is 10.2 Å². The molecule has 1 aliphatic rings. The van der Waals surface area contributed by atoms with Crippen LogP contribution in [0.5, 0.6) is 0 Å². The molecule has 3 heterocycles. The zero-order valence-electron chi connectivity index (χ0n) is 12.8. The van der Waals surface area contributed by atoms with E-state index in [0.29, 0.717) is 29.4 Å². The fourth-order valence-electron chi connectivity index (χ4n) is 2.83. The second kappa shape index (κ2) is 6.33. The molecular weight excluding hydrogens is 333 g/mol. The predicted octanol–water partition coefficient (Wildman–Crippen LogP) is 2.50. The van der Waals surface area contributed by atoms with Crippen LogP contribution < -0.4 is 4.90 Å². The van der Waals surface area contributed by atoms with Crippen molar-refractivity contribution in [1.29, 1.82) is 0 Å². The van der Waals surface area contributed by atoms with Crippen LogP contribution in [0.25, 0.3) is 11.0 Å². The highest BCUT2D eigenvalue weighted by atomic mass is 35.5. The molecule has 0 spiro atoms. The lowest BCUT2D eigenvalue weighted by Crippen LogP contribution is -2.36. The summed E-state index contributed by atoms with van der Waals surface area (Å²) in [6.45, 7) is 3.13. The van der Waals surface area contributed by atoms with E-state index in [9.17, 15) is 4.39 Å². The zero-order valence-corrected chi connectivity index (χ0v) is 13.6. The molecule has 0 aliphatic carbocycles. The first kappa shape index (κ1) is 15.3. The standard InChI is InChI=1S/C16H15ClFN5O/c17-13-2-1-3-14(18)11(13)8-23-9-12-15(21-23)19-10-20-16(12)22-4-6-24-7-5-22/h1-3,9-10H,4-8H2. The van der Waals surface area contributed by atoms with Gasteiger partial charge in [0.15, 0.2) is 5.65 Å². The van der Waals surface area contributed by atoms with E-state index < -0.39 is 0 Å². The van der Waals surface area contributed by atoms with Gasteiger partial charge in [-0.1, -0.05) is 17.7 Å². The SMILES string of the molecule is Fc1cccc(Cl)c1Cn1cc2c(N3CCOCC3)ncnc2n1. The number of ether oxygens (including phenoxy) is 1. The molecule has 1 aromatic carbocycles. The Kier molecular flexibility index (Phi) is 4.03. The van der Waals surface area contributed by atoms with Gasteiger partial charge in [-0.05, 0) is 12.1 Å². The Morgan fingerprint density at radius 1 is 1.21 bits per heavy atom. The number of aromatic nitrogens is 4. The highest BCUT2D eigenvalue weighted by Crippen LogP contribution is 2.25. The van der Waals surface area contributed by atoms with Crippen LogP contribution >= 0.6 is 11.6 Å². The first-order valence-electron chi connectivity index (χ1n) is 7.66. The van der Waals surface area contributed by atoms with Crippen LogP contribution in [0, 0.1) is 5.82 Å². The van der Waals surface area contributed by atoms with Gasteiger partial charge in [0.2, 0.25) is 0 Å². The minimum atomic E-state index is -0.346. The number of morpholine rings is 1. The van der Waals surface area contributed by atoms with Gasteiger partial charge in [-0.3, -0.25) is 4.68 Å². The number of hydrogen-bond donors (Lipinski definition) is 0. The molecule has 6 nitrogen and oxygen atoms in total. The Morgan fingerprint density at radius 3 is 2.83 bits per heavy atom. The van der Waals surface area contributed by atoms with Crippen molar-refractivity contribution in [3.63, 3.8) is 0 Å². The van der Waals surface area contributed by atoms with Gasteiger partial charge in [0.05, 0.1) is 25.1 Å². The molecule has 4 rings (SSSR count). The molecule has 2 aromatic heterocycles. The Morgan fingerprint density at radius 2 is 2.04 bits per heavy atom. The summed E-state index contributed by atoms with van der Waals surface area (Å²) in [6.07, 6.45) is 3.34.